The van der Waals surface area contributed by atoms with Crippen molar-refractivity contribution in [3.63, 3.8) is 0 Å². The summed E-state index contributed by atoms with van der Waals surface area (Å²) in [5.41, 5.74) is 5.67. The Kier molecular flexibility index (Phi) is 4.93. The number of ether oxygens (including phenoxy) is 1. The molecule has 0 saturated carbocycles. The minimum absolute atomic E-state index is 0.0764. The highest BCUT2D eigenvalue weighted by Crippen LogP contribution is 2.31. The SMILES string of the molecule is COCC1(C(=O)Nc2cccc(C(N)=O)c2)CCNCC1. The van der Waals surface area contributed by atoms with Gasteiger partial charge in [0.15, 0.2) is 0 Å². The van der Waals surface area contributed by atoms with Gasteiger partial charge in [-0.1, -0.05) is 6.07 Å². The lowest BCUT2D eigenvalue weighted by atomic mass is 9.78. The van der Waals surface area contributed by atoms with Crippen molar-refractivity contribution in [2.45, 2.75) is 12.8 Å². The highest BCUT2D eigenvalue weighted by molar-refractivity contribution is 5.98. The van der Waals surface area contributed by atoms with Gasteiger partial charge in [-0.2, -0.15) is 0 Å². The molecule has 0 aliphatic carbocycles. The molecule has 0 spiro atoms. The van der Waals surface area contributed by atoms with Crippen LogP contribution in [0.1, 0.15) is 23.2 Å². The van der Waals surface area contributed by atoms with Crippen molar-refractivity contribution in [2.24, 2.45) is 11.1 Å². The monoisotopic (exact) mass is 291 g/mol. The lowest BCUT2D eigenvalue weighted by molar-refractivity contribution is -0.130. The summed E-state index contributed by atoms with van der Waals surface area (Å²) in [5, 5.41) is 6.12. The lowest BCUT2D eigenvalue weighted by Gasteiger charge is -2.35. The van der Waals surface area contributed by atoms with Gasteiger partial charge >= 0.3 is 0 Å². The first-order valence-electron chi connectivity index (χ1n) is 6.98. The van der Waals surface area contributed by atoms with E-state index >= 15 is 0 Å². The van der Waals surface area contributed by atoms with Crippen LogP contribution < -0.4 is 16.4 Å². The molecule has 0 unspecified atom stereocenters. The zero-order valence-electron chi connectivity index (χ0n) is 12.1. The number of hydrogen-bond donors (Lipinski definition) is 3. The quantitative estimate of drug-likeness (QED) is 0.746. The van der Waals surface area contributed by atoms with Gasteiger partial charge in [0.2, 0.25) is 11.8 Å². The molecule has 1 heterocycles. The maximum atomic E-state index is 12.6. The minimum Gasteiger partial charge on any atom is -0.384 e. The second kappa shape index (κ2) is 6.69. The van der Waals surface area contributed by atoms with Gasteiger partial charge in [-0.15, -0.1) is 0 Å². The highest BCUT2D eigenvalue weighted by Gasteiger charge is 2.39. The largest absolute Gasteiger partial charge is 0.384 e. The van der Waals surface area contributed by atoms with Crippen LogP contribution >= 0.6 is 0 Å². The van der Waals surface area contributed by atoms with Crippen molar-refractivity contribution in [1.29, 1.82) is 0 Å². The van der Waals surface area contributed by atoms with Gasteiger partial charge in [0.25, 0.3) is 0 Å². The number of amides is 2. The number of nitrogens with one attached hydrogen (secondary N) is 2. The molecule has 0 atom stereocenters. The summed E-state index contributed by atoms with van der Waals surface area (Å²) in [6, 6.07) is 6.64. The van der Waals surface area contributed by atoms with E-state index in [0.717, 1.165) is 25.9 Å². The number of nitrogens with two attached hydrogens (primary N) is 1. The van der Waals surface area contributed by atoms with Crippen LogP contribution in [0.15, 0.2) is 24.3 Å². The molecular weight excluding hydrogens is 270 g/mol. The fourth-order valence-electron chi connectivity index (χ4n) is 2.63. The van der Waals surface area contributed by atoms with Gasteiger partial charge in [-0.3, -0.25) is 9.59 Å². The summed E-state index contributed by atoms with van der Waals surface area (Å²) in [4.78, 5) is 23.8. The number of piperidine rings is 1. The van der Waals surface area contributed by atoms with E-state index < -0.39 is 11.3 Å². The second-order valence-electron chi connectivity index (χ2n) is 5.36. The third-order valence-corrected chi connectivity index (χ3v) is 3.87. The van der Waals surface area contributed by atoms with E-state index in [0.29, 0.717) is 17.9 Å². The maximum Gasteiger partial charge on any atom is 0.248 e. The molecule has 0 radical (unpaired) electrons. The number of carbonyl (C=O) groups is 2. The molecule has 0 bridgehead atoms. The van der Waals surface area contributed by atoms with Crippen LogP contribution in [0.2, 0.25) is 0 Å². The Morgan fingerprint density at radius 1 is 1.38 bits per heavy atom. The normalized spacial score (nSPS) is 17.2. The molecule has 6 heteroatoms. The minimum atomic E-state index is -0.525. The van der Waals surface area contributed by atoms with Crippen molar-refractivity contribution in [1.82, 2.24) is 5.32 Å². The smallest absolute Gasteiger partial charge is 0.248 e. The van der Waals surface area contributed by atoms with Crippen molar-refractivity contribution < 1.29 is 14.3 Å². The van der Waals surface area contributed by atoms with Gasteiger partial charge in [0.05, 0.1) is 12.0 Å². The topological polar surface area (TPSA) is 93.4 Å². The summed E-state index contributed by atoms with van der Waals surface area (Å²) in [6.45, 7) is 1.96. The number of carbonyl (C=O) groups excluding carboxylic acids is 2. The predicted octanol–water partition coefficient (Wildman–Crippen LogP) is 0.740. The molecule has 6 nitrogen and oxygen atoms in total. The first kappa shape index (κ1) is 15.5. The Morgan fingerprint density at radius 3 is 2.71 bits per heavy atom. The van der Waals surface area contributed by atoms with Crippen LogP contribution in [0.25, 0.3) is 0 Å². The molecule has 4 N–H and O–H groups in total. The fraction of sp³-hybridized carbons (Fsp3) is 0.467. The number of hydrogen-bond acceptors (Lipinski definition) is 4. The predicted molar refractivity (Wildman–Crippen MR) is 80.0 cm³/mol. The Bertz CT molecular complexity index is 519. The maximum absolute atomic E-state index is 12.6. The van der Waals surface area contributed by atoms with Crippen molar-refractivity contribution in [3.8, 4) is 0 Å². The molecule has 0 aromatic heterocycles. The van der Waals surface area contributed by atoms with Crippen LogP contribution in [0, 0.1) is 5.41 Å². The van der Waals surface area contributed by atoms with Gasteiger partial charge in [-0.25, -0.2) is 0 Å². The van der Waals surface area contributed by atoms with E-state index in [9.17, 15) is 9.59 Å². The lowest BCUT2D eigenvalue weighted by Crippen LogP contribution is -2.47. The summed E-state index contributed by atoms with van der Waals surface area (Å²) in [6.07, 6.45) is 1.45. The molecule has 2 rings (SSSR count). The Morgan fingerprint density at radius 2 is 2.10 bits per heavy atom. The third kappa shape index (κ3) is 3.59. The van der Waals surface area contributed by atoms with E-state index in [4.69, 9.17) is 10.5 Å². The first-order chi connectivity index (χ1) is 10.1. The van der Waals surface area contributed by atoms with E-state index in [1.807, 2.05) is 0 Å². The van der Waals surface area contributed by atoms with Crippen LogP contribution in [0.3, 0.4) is 0 Å². The molecule has 1 aromatic carbocycles. The van der Waals surface area contributed by atoms with Crippen LogP contribution in [-0.4, -0.2) is 38.6 Å². The molecule has 21 heavy (non-hydrogen) atoms. The third-order valence-electron chi connectivity index (χ3n) is 3.87. The average molecular weight is 291 g/mol. The Hall–Kier alpha value is -1.92. The van der Waals surface area contributed by atoms with E-state index in [2.05, 4.69) is 10.6 Å². The molecule has 1 fully saturated rings. The molecule has 114 valence electrons. The van der Waals surface area contributed by atoms with Crippen LogP contribution in [-0.2, 0) is 9.53 Å². The summed E-state index contributed by atoms with van der Waals surface area (Å²) in [5.74, 6) is -0.591. The molecule has 1 aromatic rings. The first-order valence-corrected chi connectivity index (χ1v) is 6.98. The zero-order chi connectivity index (χ0) is 15.3. The van der Waals surface area contributed by atoms with E-state index in [-0.39, 0.29) is 5.91 Å². The molecular formula is C15H21N3O3. The van der Waals surface area contributed by atoms with Gasteiger partial charge < -0.3 is 21.1 Å². The number of methoxy groups -OCH3 is 1. The summed E-state index contributed by atoms with van der Waals surface area (Å²) in [7, 11) is 1.60. The summed E-state index contributed by atoms with van der Waals surface area (Å²) < 4.78 is 5.24. The zero-order valence-corrected chi connectivity index (χ0v) is 12.1. The Labute approximate surface area is 124 Å². The van der Waals surface area contributed by atoms with E-state index in [1.54, 1.807) is 31.4 Å². The number of benzene rings is 1. The molecule has 1 saturated heterocycles. The fourth-order valence-corrected chi connectivity index (χ4v) is 2.63. The second-order valence-corrected chi connectivity index (χ2v) is 5.36. The number of anilines is 1. The van der Waals surface area contributed by atoms with Crippen molar-refractivity contribution in [2.75, 3.05) is 32.1 Å². The van der Waals surface area contributed by atoms with Gasteiger partial charge in [0.1, 0.15) is 0 Å². The van der Waals surface area contributed by atoms with Gasteiger partial charge in [-0.05, 0) is 44.1 Å². The van der Waals surface area contributed by atoms with Crippen LogP contribution in [0.4, 0.5) is 5.69 Å². The molecule has 1 aliphatic heterocycles. The van der Waals surface area contributed by atoms with Crippen molar-refractivity contribution >= 4 is 17.5 Å². The molecule has 1 aliphatic rings. The van der Waals surface area contributed by atoms with Gasteiger partial charge in [0, 0.05) is 18.4 Å². The Balaban J connectivity index is 2.15. The van der Waals surface area contributed by atoms with Crippen molar-refractivity contribution in [3.05, 3.63) is 29.8 Å². The van der Waals surface area contributed by atoms with E-state index in [1.165, 1.54) is 0 Å². The van der Waals surface area contributed by atoms with Crippen LogP contribution in [0.5, 0.6) is 0 Å². The highest BCUT2D eigenvalue weighted by atomic mass is 16.5. The summed E-state index contributed by atoms with van der Waals surface area (Å²) >= 11 is 0. The standard InChI is InChI=1S/C15H21N3O3/c1-21-10-15(5-7-17-8-6-15)14(20)18-12-4-2-3-11(9-12)13(16)19/h2-4,9,17H,5-8,10H2,1H3,(H2,16,19)(H,18,20). The average Bonchev–Trinajstić information content (AvgIpc) is 2.48. The number of primary amides is 1. The number of rotatable bonds is 5. The molecule has 2 amide bonds.